The molecule has 0 saturated carbocycles. The molecular weight excluding hydrogens is 344 g/mol. The quantitative estimate of drug-likeness (QED) is 0.437. The summed E-state index contributed by atoms with van der Waals surface area (Å²) < 4.78 is 11.3. The van der Waals surface area contributed by atoms with Gasteiger partial charge in [0.1, 0.15) is 13.5 Å². The molecule has 0 saturated heterocycles. The molecule has 1 aromatic heterocycles. The third-order valence-electron chi connectivity index (χ3n) is 2.86. The van der Waals surface area contributed by atoms with Crippen molar-refractivity contribution in [3.05, 3.63) is 0 Å². The minimum absolute atomic E-state index is 0.108. The summed E-state index contributed by atoms with van der Waals surface area (Å²) in [5.74, 6) is 1.39. The van der Waals surface area contributed by atoms with Gasteiger partial charge in [-0.2, -0.15) is 15.0 Å². The maximum Gasteiger partial charge on any atom is 0.231 e. The van der Waals surface area contributed by atoms with E-state index < -0.39 is 0 Å². The van der Waals surface area contributed by atoms with Crippen LogP contribution in [0.3, 0.4) is 0 Å². The molecule has 27 heavy (non-hydrogen) atoms. The molecule has 0 aliphatic carbocycles. The summed E-state index contributed by atoms with van der Waals surface area (Å²) in [6.45, 7) is 20.9. The monoisotopic (exact) mass is 382 g/mol. The normalized spacial score (nSPS) is 12.8. The van der Waals surface area contributed by atoms with Gasteiger partial charge in [0, 0.05) is 5.54 Å². The third-order valence-corrected chi connectivity index (χ3v) is 2.86. The van der Waals surface area contributed by atoms with Crippen LogP contribution in [0.25, 0.3) is 0 Å². The van der Waals surface area contributed by atoms with Crippen LogP contribution in [0, 0.1) is 10.8 Å². The molecule has 8 nitrogen and oxygen atoms in total. The highest BCUT2D eigenvalue weighted by Gasteiger charge is 2.15. The van der Waals surface area contributed by atoms with E-state index in [9.17, 15) is 0 Å². The van der Waals surface area contributed by atoms with E-state index in [-0.39, 0.29) is 16.4 Å². The van der Waals surface area contributed by atoms with Crippen molar-refractivity contribution in [2.75, 3.05) is 42.6 Å². The lowest BCUT2D eigenvalue weighted by atomic mass is 9.99. The van der Waals surface area contributed by atoms with Gasteiger partial charge in [0.25, 0.3) is 0 Å². The van der Waals surface area contributed by atoms with Gasteiger partial charge in [0.05, 0.1) is 13.2 Å². The molecule has 0 amide bonds. The molecule has 1 rings (SSSR count). The summed E-state index contributed by atoms with van der Waals surface area (Å²) in [7, 11) is 0. The van der Waals surface area contributed by atoms with Gasteiger partial charge in [-0.05, 0) is 31.6 Å². The Kier molecular flexibility index (Phi) is 8.23. The van der Waals surface area contributed by atoms with Crippen LogP contribution in [0.2, 0.25) is 0 Å². The van der Waals surface area contributed by atoms with E-state index in [1.165, 1.54) is 0 Å². The van der Waals surface area contributed by atoms with Crippen LogP contribution < -0.4 is 16.0 Å². The van der Waals surface area contributed by atoms with E-state index in [1.807, 2.05) is 0 Å². The van der Waals surface area contributed by atoms with Crippen LogP contribution in [0.15, 0.2) is 0 Å². The second kappa shape index (κ2) is 9.50. The van der Waals surface area contributed by atoms with Crippen molar-refractivity contribution in [3.8, 4) is 0 Å². The van der Waals surface area contributed by atoms with Crippen LogP contribution in [0.5, 0.6) is 0 Å². The number of ether oxygens (including phenoxy) is 2. The molecule has 156 valence electrons. The summed E-state index contributed by atoms with van der Waals surface area (Å²) >= 11 is 0. The van der Waals surface area contributed by atoms with Crippen LogP contribution in [0.4, 0.5) is 17.8 Å². The van der Waals surface area contributed by atoms with Crippen molar-refractivity contribution in [1.29, 1.82) is 0 Å². The van der Waals surface area contributed by atoms with Gasteiger partial charge in [-0.3, -0.25) is 0 Å². The van der Waals surface area contributed by atoms with E-state index in [4.69, 9.17) is 9.47 Å². The Morgan fingerprint density at radius 2 is 1.00 bits per heavy atom. The Morgan fingerprint density at radius 3 is 1.33 bits per heavy atom. The Labute approximate surface area is 164 Å². The van der Waals surface area contributed by atoms with Crippen LogP contribution in [0.1, 0.15) is 62.3 Å². The number of anilines is 3. The maximum absolute atomic E-state index is 5.64. The molecule has 0 spiro atoms. The lowest BCUT2D eigenvalue weighted by molar-refractivity contribution is 0.0831. The van der Waals surface area contributed by atoms with Crippen LogP contribution >= 0.6 is 0 Å². The third kappa shape index (κ3) is 12.4. The Balaban J connectivity index is 2.72. The highest BCUT2D eigenvalue weighted by atomic mass is 16.5. The number of hydrogen-bond acceptors (Lipinski definition) is 8. The second-order valence-electron chi connectivity index (χ2n) is 10.1. The molecule has 0 atom stereocenters. The number of hydrogen-bond donors (Lipinski definition) is 3. The summed E-state index contributed by atoms with van der Waals surface area (Å²) in [4.78, 5) is 13.2. The average Bonchev–Trinajstić information content (AvgIpc) is 2.44. The average molecular weight is 383 g/mol. The lowest BCUT2D eigenvalue weighted by Crippen LogP contribution is -2.28. The van der Waals surface area contributed by atoms with Gasteiger partial charge >= 0.3 is 0 Å². The topological polar surface area (TPSA) is 93.2 Å². The van der Waals surface area contributed by atoms with Gasteiger partial charge in [-0.15, -0.1) is 0 Å². The van der Waals surface area contributed by atoms with E-state index in [0.29, 0.717) is 44.5 Å². The summed E-state index contributed by atoms with van der Waals surface area (Å²) in [6.07, 6.45) is 0. The largest absolute Gasteiger partial charge is 0.361 e. The van der Waals surface area contributed by atoms with E-state index in [0.717, 1.165) is 0 Å². The van der Waals surface area contributed by atoms with Crippen molar-refractivity contribution >= 4 is 17.8 Å². The van der Waals surface area contributed by atoms with Crippen molar-refractivity contribution < 1.29 is 9.47 Å². The number of rotatable bonds is 9. The number of nitrogens with one attached hydrogen (secondary N) is 3. The zero-order chi connectivity index (χ0) is 20.7. The highest BCUT2D eigenvalue weighted by molar-refractivity contribution is 5.42. The predicted molar refractivity (Wildman–Crippen MR) is 111 cm³/mol. The van der Waals surface area contributed by atoms with E-state index >= 15 is 0 Å². The molecule has 0 unspecified atom stereocenters. The van der Waals surface area contributed by atoms with Crippen molar-refractivity contribution in [1.82, 2.24) is 15.0 Å². The molecule has 0 bridgehead atoms. The molecule has 1 aromatic rings. The number of nitrogens with zero attached hydrogens (tertiary/aromatic N) is 3. The summed E-state index contributed by atoms with van der Waals surface area (Å²) in [5.41, 5.74) is 0.0506. The predicted octanol–water partition coefficient (Wildman–Crippen LogP) is 3.95. The zero-order valence-electron chi connectivity index (χ0n) is 18.5. The zero-order valence-corrected chi connectivity index (χ0v) is 18.5. The smallest absolute Gasteiger partial charge is 0.231 e. The molecule has 0 fully saturated rings. The Bertz CT molecular complexity index is 533. The summed E-state index contributed by atoms with van der Waals surface area (Å²) in [5, 5.41) is 9.45. The van der Waals surface area contributed by atoms with Gasteiger partial charge < -0.3 is 25.4 Å². The first kappa shape index (κ1) is 23.4. The van der Waals surface area contributed by atoms with E-state index in [1.54, 1.807) is 0 Å². The highest BCUT2D eigenvalue weighted by Crippen LogP contribution is 2.16. The van der Waals surface area contributed by atoms with Crippen LogP contribution in [-0.2, 0) is 9.47 Å². The summed E-state index contributed by atoms with van der Waals surface area (Å²) in [6, 6.07) is 0. The molecule has 3 N–H and O–H groups in total. The fraction of sp³-hybridized carbons (Fsp3) is 0.842. The number of aromatic nitrogens is 3. The molecule has 8 heteroatoms. The molecule has 0 aliphatic heterocycles. The van der Waals surface area contributed by atoms with Crippen molar-refractivity contribution in [3.63, 3.8) is 0 Å². The molecule has 0 aliphatic rings. The molecular formula is C19H38N6O2. The Morgan fingerprint density at radius 1 is 0.630 bits per heavy atom. The fourth-order valence-corrected chi connectivity index (χ4v) is 1.87. The molecule has 0 aromatic carbocycles. The molecule has 0 radical (unpaired) electrons. The SMILES string of the molecule is CC(C)(C)COCNc1nc(NCOCC(C)(C)C)nc(NC(C)(C)C)n1. The van der Waals surface area contributed by atoms with E-state index in [2.05, 4.69) is 93.2 Å². The van der Waals surface area contributed by atoms with Crippen LogP contribution in [-0.4, -0.2) is 47.2 Å². The fourth-order valence-electron chi connectivity index (χ4n) is 1.87. The van der Waals surface area contributed by atoms with Gasteiger partial charge in [-0.1, -0.05) is 41.5 Å². The first-order valence-corrected chi connectivity index (χ1v) is 9.41. The first-order chi connectivity index (χ1) is 12.2. The maximum atomic E-state index is 5.64. The van der Waals surface area contributed by atoms with Gasteiger partial charge in [-0.25, -0.2) is 0 Å². The van der Waals surface area contributed by atoms with Gasteiger partial charge in [0.15, 0.2) is 0 Å². The first-order valence-electron chi connectivity index (χ1n) is 9.41. The van der Waals surface area contributed by atoms with Crippen molar-refractivity contribution in [2.24, 2.45) is 10.8 Å². The lowest BCUT2D eigenvalue weighted by Gasteiger charge is -2.22. The van der Waals surface area contributed by atoms with Crippen molar-refractivity contribution in [2.45, 2.75) is 67.9 Å². The second-order valence-corrected chi connectivity index (χ2v) is 10.1. The molecule has 1 heterocycles. The van der Waals surface area contributed by atoms with Gasteiger partial charge in [0.2, 0.25) is 17.8 Å². The minimum atomic E-state index is -0.165. The standard InChI is InChI=1S/C19H38N6O2/c1-17(2,3)10-26-12-20-14-22-15(21-13-27-11-18(4,5)6)24-16(23-14)25-19(7,8)9/h10-13H2,1-9H3,(H3,20,21,22,23,24,25). The minimum Gasteiger partial charge on any atom is -0.361 e. The Hall–Kier alpha value is -1.67.